The van der Waals surface area contributed by atoms with E-state index in [1.165, 1.54) is 5.69 Å². The Kier molecular flexibility index (Phi) is 9.15. The molecule has 1 aliphatic rings. The Balaban J connectivity index is 0.00000300. The third kappa shape index (κ3) is 6.56. The van der Waals surface area contributed by atoms with Crippen molar-refractivity contribution < 1.29 is 5.11 Å². The number of benzene rings is 1. The number of aryl methyl sites for hydroxylation is 1. The summed E-state index contributed by atoms with van der Waals surface area (Å²) in [5.74, 6) is 2.54. The van der Waals surface area contributed by atoms with Crippen molar-refractivity contribution in [2.45, 2.75) is 32.4 Å². The van der Waals surface area contributed by atoms with E-state index < -0.39 is 0 Å². The van der Waals surface area contributed by atoms with Crippen molar-refractivity contribution in [3.8, 4) is 0 Å². The predicted molar refractivity (Wildman–Crippen MR) is 127 cm³/mol. The number of rotatable bonds is 7. The summed E-state index contributed by atoms with van der Waals surface area (Å²) in [4.78, 5) is 9.11. The molecule has 8 nitrogen and oxygen atoms in total. The number of nitrogens with zero attached hydrogens (tertiary/aromatic N) is 6. The van der Waals surface area contributed by atoms with Gasteiger partial charge in [-0.1, -0.05) is 18.2 Å². The second-order valence-electron chi connectivity index (χ2n) is 7.29. The van der Waals surface area contributed by atoms with Crippen LogP contribution in [-0.4, -0.2) is 70.1 Å². The summed E-state index contributed by atoms with van der Waals surface area (Å²) in [6.45, 7) is 5.60. The minimum absolute atomic E-state index is 0. The Morgan fingerprint density at radius 3 is 2.69 bits per heavy atom. The number of hydrogen-bond donors (Lipinski definition) is 2. The number of para-hydroxylation sites is 1. The van der Waals surface area contributed by atoms with Gasteiger partial charge in [-0.2, -0.15) is 0 Å². The number of likely N-dealkylation sites (tertiary alicyclic amines) is 1. The van der Waals surface area contributed by atoms with Crippen LogP contribution in [0, 0.1) is 6.92 Å². The fraction of sp³-hybridized carbons (Fsp3) is 0.550. The smallest absolute Gasteiger partial charge is 0.194 e. The van der Waals surface area contributed by atoms with E-state index >= 15 is 0 Å². The van der Waals surface area contributed by atoms with Gasteiger partial charge in [-0.15, -0.1) is 34.2 Å². The Morgan fingerprint density at radius 1 is 1.31 bits per heavy atom. The first-order valence-electron chi connectivity index (χ1n) is 9.87. The number of anilines is 1. The molecule has 160 valence electrons. The summed E-state index contributed by atoms with van der Waals surface area (Å²) < 4.78 is 1.95. The number of halogens is 1. The number of aliphatic hydroxyl groups excluding tert-OH is 1. The largest absolute Gasteiger partial charge is 0.391 e. The second kappa shape index (κ2) is 11.3. The highest BCUT2D eigenvalue weighted by molar-refractivity contribution is 14.0. The highest BCUT2D eigenvalue weighted by Gasteiger charge is 2.23. The Labute approximate surface area is 190 Å². The molecule has 0 saturated carbocycles. The molecule has 1 aromatic carbocycles. The Morgan fingerprint density at radius 2 is 2.07 bits per heavy atom. The molecule has 1 aromatic heterocycles. The van der Waals surface area contributed by atoms with Crippen molar-refractivity contribution in [2.75, 3.05) is 38.1 Å². The van der Waals surface area contributed by atoms with Crippen LogP contribution >= 0.6 is 24.0 Å². The lowest BCUT2D eigenvalue weighted by atomic mass is 10.3. The quantitative estimate of drug-likeness (QED) is 0.254. The molecule has 2 N–H and O–H groups in total. The van der Waals surface area contributed by atoms with E-state index in [9.17, 15) is 5.11 Å². The first-order chi connectivity index (χ1) is 13.5. The maximum absolute atomic E-state index is 9.89. The molecule has 0 amide bonds. The van der Waals surface area contributed by atoms with E-state index in [1.807, 2.05) is 24.6 Å². The molecular formula is C20H32IN7O. The van der Waals surface area contributed by atoms with Crippen LogP contribution in [0.25, 0.3) is 0 Å². The van der Waals surface area contributed by atoms with Crippen LogP contribution in [0.4, 0.5) is 5.69 Å². The Hall–Kier alpha value is -1.88. The summed E-state index contributed by atoms with van der Waals surface area (Å²) in [6, 6.07) is 10.4. The van der Waals surface area contributed by atoms with Gasteiger partial charge in [0, 0.05) is 46.0 Å². The number of aromatic nitrogens is 3. The van der Waals surface area contributed by atoms with Gasteiger partial charge in [-0.3, -0.25) is 0 Å². The maximum atomic E-state index is 9.89. The molecule has 0 radical (unpaired) electrons. The SMILES string of the molecule is Cc1nnc(CN=C(NCCCN(C)c2ccccc2)N2CC[C@@H](O)C2)n1C.I. The molecule has 2 aromatic rings. The van der Waals surface area contributed by atoms with Crippen molar-refractivity contribution in [3.05, 3.63) is 42.0 Å². The minimum Gasteiger partial charge on any atom is -0.391 e. The summed E-state index contributed by atoms with van der Waals surface area (Å²) in [5, 5.41) is 21.6. The monoisotopic (exact) mass is 513 g/mol. The summed E-state index contributed by atoms with van der Waals surface area (Å²) in [6.07, 6.45) is 1.48. The molecule has 0 bridgehead atoms. The zero-order valence-corrected chi connectivity index (χ0v) is 19.8. The number of aliphatic imine (C=N–C) groups is 1. The topological polar surface area (TPSA) is 81.8 Å². The number of aliphatic hydroxyl groups is 1. The lowest BCUT2D eigenvalue weighted by Crippen LogP contribution is -2.41. The third-order valence-electron chi connectivity index (χ3n) is 5.17. The van der Waals surface area contributed by atoms with Crippen LogP contribution < -0.4 is 10.2 Å². The number of nitrogens with one attached hydrogen (secondary N) is 1. The molecule has 0 aliphatic carbocycles. The number of guanidine groups is 1. The fourth-order valence-electron chi connectivity index (χ4n) is 3.26. The van der Waals surface area contributed by atoms with Crippen LogP contribution in [-0.2, 0) is 13.6 Å². The van der Waals surface area contributed by atoms with Gasteiger partial charge < -0.3 is 24.8 Å². The number of hydrogen-bond acceptors (Lipinski definition) is 5. The molecule has 3 rings (SSSR count). The van der Waals surface area contributed by atoms with Crippen LogP contribution in [0.15, 0.2) is 35.3 Å². The van der Waals surface area contributed by atoms with E-state index in [0.29, 0.717) is 13.1 Å². The van der Waals surface area contributed by atoms with Crippen LogP contribution in [0.5, 0.6) is 0 Å². The summed E-state index contributed by atoms with van der Waals surface area (Å²) >= 11 is 0. The van der Waals surface area contributed by atoms with Gasteiger partial charge in [0.2, 0.25) is 0 Å². The second-order valence-corrected chi connectivity index (χ2v) is 7.29. The molecule has 1 saturated heterocycles. The van der Waals surface area contributed by atoms with Crippen molar-refractivity contribution >= 4 is 35.6 Å². The molecule has 29 heavy (non-hydrogen) atoms. The first kappa shape index (κ1) is 23.4. The normalized spacial score (nSPS) is 16.6. The maximum Gasteiger partial charge on any atom is 0.194 e. The minimum atomic E-state index is -0.284. The average Bonchev–Trinajstić information content (AvgIpc) is 3.28. The molecule has 1 aliphatic heterocycles. The average molecular weight is 513 g/mol. The van der Waals surface area contributed by atoms with E-state index in [2.05, 4.69) is 56.6 Å². The van der Waals surface area contributed by atoms with E-state index in [0.717, 1.165) is 50.1 Å². The molecular weight excluding hydrogens is 481 g/mol. The Bertz CT molecular complexity index is 780. The molecule has 0 spiro atoms. The summed E-state index contributed by atoms with van der Waals surface area (Å²) in [7, 11) is 4.06. The zero-order chi connectivity index (χ0) is 19.9. The molecule has 1 atom stereocenters. The highest BCUT2D eigenvalue weighted by Crippen LogP contribution is 2.12. The third-order valence-corrected chi connectivity index (χ3v) is 5.17. The van der Waals surface area contributed by atoms with Gasteiger partial charge >= 0.3 is 0 Å². The van der Waals surface area contributed by atoms with E-state index in [4.69, 9.17) is 4.99 Å². The van der Waals surface area contributed by atoms with E-state index in [-0.39, 0.29) is 30.1 Å². The van der Waals surface area contributed by atoms with Crippen molar-refractivity contribution in [2.24, 2.45) is 12.0 Å². The van der Waals surface area contributed by atoms with Gasteiger partial charge in [0.25, 0.3) is 0 Å². The molecule has 2 heterocycles. The highest BCUT2D eigenvalue weighted by atomic mass is 127. The van der Waals surface area contributed by atoms with Crippen LogP contribution in [0.1, 0.15) is 24.5 Å². The van der Waals surface area contributed by atoms with Crippen molar-refractivity contribution in [3.63, 3.8) is 0 Å². The zero-order valence-electron chi connectivity index (χ0n) is 17.5. The van der Waals surface area contributed by atoms with Gasteiger partial charge in [0.1, 0.15) is 12.4 Å². The lowest BCUT2D eigenvalue weighted by Gasteiger charge is -2.23. The van der Waals surface area contributed by atoms with Gasteiger partial charge in [0.05, 0.1) is 6.10 Å². The van der Waals surface area contributed by atoms with Crippen LogP contribution in [0.3, 0.4) is 0 Å². The fourth-order valence-corrected chi connectivity index (χ4v) is 3.26. The molecule has 1 fully saturated rings. The molecule has 9 heteroatoms. The molecule has 0 unspecified atom stereocenters. The lowest BCUT2D eigenvalue weighted by molar-refractivity contribution is 0.187. The van der Waals surface area contributed by atoms with Gasteiger partial charge in [0.15, 0.2) is 11.8 Å². The van der Waals surface area contributed by atoms with Crippen LogP contribution in [0.2, 0.25) is 0 Å². The van der Waals surface area contributed by atoms with Gasteiger partial charge in [-0.25, -0.2) is 4.99 Å². The summed E-state index contributed by atoms with van der Waals surface area (Å²) in [5.41, 5.74) is 1.22. The standard InChI is InChI=1S/C20H31N7O.HI/c1-16-23-24-19(26(16)3)14-22-20(27-13-10-18(28)15-27)21-11-7-12-25(2)17-8-5-4-6-9-17;/h4-6,8-9,18,28H,7,10-15H2,1-3H3,(H,21,22);1H/t18-;/m1./s1. The van der Waals surface area contributed by atoms with E-state index in [1.54, 1.807) is 0 Å². The number of β-amino-alcohol motifs (C(OH)–C–C–N with tert-alkyl or cyclic N) is 1. The van der Waals surface area contributed by atoms with Gasteiger partial charge in [-0.05, 0) is 31.9 Å². The first-order valence-corrected chi connectivity index (χ1v) is 9.87. The van der Waals surface area contributed by atoms with Crippen molar-refractivity contribution in [1.29, 1.82) is 0 Å². The van der Waals surface area contributed by atoms with Crippen molar-refractivity contribution in [1.82, 2.24) is 25.0 Å². The predicted octanol–water partition coefficient (Wildman–Crippen LogP) is 1.78.